The molecule has 33 heavy (non-hydrogen) atoms. The standard InChI is InChI=1S/C18H19ClF2IN6OPS.C2H6/c1-26(31(2)29)13-8-10(27-6-3-7-27)4-5-11(13)23-12-9-14(19)24-17-15(12)25-18(16(20)21)28(17)30-22;1-2/h4-5,8-9,16,30H,3,6-7H2,1-2H3,(H,23,24);1-2H3. The fraction of sp³-hybridized carbons (Fsp3) is 0.400. The first-order valence-electron chi connectivity index (χ1n) is 10.3. The average molecular weight is 629 g/mol. The molecule has 0 radical (unpaired) electrons. The minimum atomic E-state index is -2.73. The lowest BCUT2D eigenvalue weighted by Gasteiger charge is -2.34. The molecule has 7 nitrogen and oxygen atoms in total. The summed E-state index contributed by atoms with van der Waals surface area (Å²) in [5.74, 6) is -0.347. The fourth-order valence-corrected chi connectivity index (χ4v) is 5.81. The third-order valence-electron chi connectivity index (χ3n) is 5.09. The van der Waals surface area contributed by atoms with Crippen molar-refractivity contribution in [2.75, 3.05) is 40.9 Å². The van der Waals surface area contributed by atoms with Gasteiger partial charge in [0.05, 0.1) is 23.4 Å². The Bertz CT molecular complexity index is 1160. The summed E-state index contributed by atoms with van der Waals surface area (Å²) in [5.41, 5.74) is 3.48. The van der Waals surface area contributed by atoms with Crippen LogP contribution in [-0.2, 0) is 11.0 Å². The van der Waals surface area contributed by atoms with Crippen molar-refractivity contribution in [1.29, 1.82) is 0 Å². The number of imidazole rings is 1. The van der Waals surface area contributed by atoms with Crippen LogP contribution in [0.15, 0.2) is 24.3 Å². The molecule has 1 N–H and O–H groups in total. The van der Waals surface area contributed by atoms with Gasteiger partial charge in [0.15, 0.2) is 11.5 Å². The van der Waals surface area contributed by atoms with Crippen molar-refractivity contribution in [3.05, 3.63) is 35.2 Å². The Morgan fingerprint density at radius 3 is 2.48 bits per heavy atom. The van der Waals surface area contributed by atoms with Gasteiger partial charge in [-0.25, -0.2) is 23.0 Å². The molecule has 0 amide bonds. The number of aromatic nitrogens is 3. The summed E-state index contributed by atoms with van der Waals surface area (Å²) in [6.45, 7) is 5.97. The summed E-state index contributed by atoms with van der Waals surface area (Å²) in [4.78, 5) is 10.6. The van der Waals surface area contributed by atoms with E-state index in [9.17, 15) is 13.0 Å². The van der Waals surface area contributed by atoms with Gasteiger partial charge in [-0.05, 0) is 46.7 Å². The van der Waals surface area contributed by atoms with Crippen LogP contribution in [0.3, 0.4) is 0 Å². The minimum absolute atomic E-state index is 0.00633. The predicted octanol–water partition coefficient (Wildman–Crippen LogP) is 6.52. The monoisotopic (exact) mass is 628 g/mol. The maximum Gasteiger partial charge on any atom is 0.295 e. The number of benzene rings is 1. The number of nitrogens with zero attached hydrogens (tertiary/aromatic N) is 5. The van der Waals surface area contributed by atoms with Crippen molar-refractivity contribution in [2.24, 2.45) is 0 Å². The molecular weight excluding hydrogens is 604 g/mol. The zero-order chi connectivity index (χ0) is 24.3. The van der Waals surface area contributed by atoms with Crippen molar-refractivity contribution in [3.63, 3.8) is 0 Å². The average Bonchev–Trinajstić information content (AvgIpc) is 3.13. The van der Waals surface area contributed by atoms with Crippen LogP contribution in [0, 0.1) is 0 Å². The number of halogens is 4. The fourth-order valence-electron chi connectivity index (χ4n) is 3.30. The first-order chi connectivity index (χ1) is 15.8. The summed E-state index contributed by atoms with van der Waals surface area (Å²) in [6.07, 6.45) is 0.00100. The van der Waals surface area contributed by atoms with E-state index >= 15 is 0 Å². The summed E-state index contributed by atoms with van der Waals surface area (Å²) >= 11 is 8.22. The minimum Gasteiger partial charge on any atom is -0.371 e. The number of nitrogens with one attached hydrogen (secondary N) is 1. The van der Waals surface area contributed by atoms with E-state index < -0.39 is 17.4 Å². The molecular formula is C20H25ClF2IN6OPS. The number of alkyl halides is 2. The second kappa shape index (κ2) is 11.4. The molecule has 2 unspecified atom stereocenters. The van der Waals surface area contributed by atoms with Crippen LogP contribution in [0.1, 0.15) is 32.5 Å². The highest BCUT2D eigenvalue weighted by atomic mass is 127. The van der Waals surface area contributed by atoms with Crippen molar-refractivity contribution >= 4 is 84.9 Å². The van der Waals surface area contributed by atoms with Crippen LogP contribution >= 0.6 is 40.0 Å². The van der Waals surface area contributed by atoms with Crippen molar-refractivity contribution in [2.45, 2.75) is 26.7 Å². The molecule has 1 aliphatic rings. The van der Waals surface area contributed by atoms with Crippen LogP contribution in [0.4, 0.5) is 31.5 Å². The molecule has 3 heterocycles. The van der Waals surface area contributed by atoms with Crippen LogP contribution in [0.25, 0.3) is 11.2 Å². The zero-order valence-corrected chi connectivity index (χ0v) is 23.3. The van der Waals surface area contributed by atoms with Gasteiger partial charge in [-0.3, -0.25) is 8.64 Å². The molecule has 3 aromatic rings. The van der Waals surface area contributed by atoms with Crippen molar-refractivity contribution in [3.8, 4) is 0 Å². The number of hydrogen-bond donors (Lipinski definition) is 1. The third kappa shape index (κ3) is 5.52. The molecule has 1 fully saturated rings. The molecule has 1 aromatic carbocycles. The number of pyridine rings is 1. The maximum absolute atomic E-state index is 13.5. The van der Waals surface area contributed by atoms with Gasteiger partial charge >= 0.3 is 0 Å². The van der Waals surface area contributed by atoms with Gasteiger partial charge in [-0.15, -0.1) is 0 Å². The van der Waals surface area contributed by atoms with Gasteiger partial charge < -0.3 is 10.2 Å². The van der Waals surface area contributed by atoms with Gasteiger partial charge in [-0.2, -0.15) is 0 Å². The van der Waals surface area contributed by atoms with Crippen molar-refractivity contribution in [1.82, 2.24) is 14.3 Å². The van der Waals surface area contributed by atoms with E-state index in [1.54, 1.807) is 23.7 Å². The molecule has 0 spiro atoms. The molecule has 2 aromatic heterocycles. The number of fused-ring (bicyclic) bond motifs is 1. The van der Waals surface area contributed by atoms with Crippen LogP contribution in [0.2, 0.25) is 5.15 Å². The zero-order valence-electron chi connectivity index (χ0n) is 18.6. The summed E-state index contributed by atoms with van der Waals surface area (Å²) < 4.78 is 42.3. The Kier molecular flexibility index (Phi) is 9.10. The molecule has 13 heteroatoms. The van der Waals surface area contributed by atoms with E-state index in [-0.39, 0.29) is 17.4 Å². The quantitative estimate of drug-likeness (QED) is 0.183. The molecule has 0 bridgehead atoms. The Hall–Kier alpha value is -1.30. The van der Waals surface area contributed by atoms with Gasteiger partial charge in [0.25, 0.3) is 6.43 Å². The van der Waals surface area contributed by atoms with E-state index in [0.29, 0.717) is 22.5 Å². The smallest absolute Gasteiger partial charge is 0.295 e. The largest absolute Gasteiger partial charge is 0.371 e. The van der Waals surface area contributed by atoms with Crippen LogP contribution in [-0.4, -0.2) is 44.9 Å². The molecule has 1 saturated heterocycles. The lowest BCUT2D eigenvalue weighted by atomic mass is 10.1. The van der Waals surface area contributed by atoms with Crippen LogP contribution in [0.5, 0.6) is 0 Å². The second-order valence-electron chi connectivity index (χ2n) is 6.94. The van der Waals surface area contributed by atoms with Crippen LogP contribution < -0.4 is 14.5 Å². The van der Waals surface area contributed by atoms with E-state index in [1.165, 1.54) is 4.34 Å². The molecule has 0 aliphatic carbocycles. The SMILES string of the molecule is CC.CN(c1cc(N2CCC2)ccc1Nc1cc(Cl)nc2c1nc(C(F)F)n2PI)S(C)=O. The van der Waals surface area contributed by atoms with E-state index in [4.69, 9.17) is 11.6 Å². The highest BCUT2D eigenvalue weighted by Gasteiger charge is 2.23. The summed E-state index contributed by atoms with van der Waals surface area (Å²) in [7, 11) is 0.486. The second-order valence-corrected chi connectivity index (χ2v) is 10.8. The molecule has 2 atom stereocenters. The highest BCUT2D eigenvalue weighted by molar-refractivity contribution is 14.2. The Labute approximate surface area is 214 Å². The van der Waals surface area contributed by atoms with Crippen molar-refractivity contribution < 1.29 is 13.0 Å². The topological polar surface area (TPSA) is 66.3 Å². The number of hydrogen-bond acceptors (Lipinski definition) is 5. The van der Waals surface area contributed by atoms with Gasteiger partial charge in [0.2, 0.25) is 0 Å². The van der Waals surface area contributed by atoms with Gasteiger partial charge in [0.1, 0.15) is 21.7 Å². The van der Waals surface area contributed by atoms with E-state index in [0.717, 1.165) is 30.9 Å². The maximum atomic E-state index is 13.5. The first-order valence-corrected chi connectivity index (χ1v) is 16.2. The lowest BCUT2D eigenvalue weighted by Crippen LogP contribution is -2.37. The summed E-state index contributed by atoms with van der Waals surface area (Å²) in [5, 5.41) is 3.42. The Morgan fingerprint density at radius 1 is 1.24 bits per heavy atom. The molecule has 0 saturated carbocycles. The Balaban J connectivity index is 0.00000149. The predicted molar refractivity (Wildman–Crippen MR) is 146 cm³/mol. The number of rotatable bonds is 7. The van der Waals surface area contributed by atoms with E-state index in [1.807, 2.05) is 54.1 Å². The van der Waals surface area contributed by atoms with Gasteiger partial charge in [0, 0.05) is 38.1 Å². The van der Waals surface area contributed by atoms with Gasteiger partial charge in [-0.1, -0.05) is 25.4 Å². The highest BCUT2D eigenvalue weighted by Crippen LogP contribution is 2.40. The molecule has 4 rings (SSSR count). The Morgan fingerprint density at radius 2 is 1.94 bits per heavy atom. The molecule has 1 aliphatic heterocycles. The summed E-state index contributed by atoms with van der Waals surface area (Å²) in [6, 6.07) is 7.39. The molecule has 180 valence electrons. The third-order valence-corrected chi connectivity index (χ3v) is 8.31. The normalized spacial score (nSPS) is 14.4. The first kappa shape index (κ1) is 26.3. The lowest BCUT2D eigenvalue weighted by molar-refractivity contribution is 0.140. The number of anilines is 4. The van der Waals surface area contributed by atoms with E-state index in [2.05, 4.69) is 20.2 Å².